The summed E-state index contributed by atoms with van der Waals surface area (Å²) in [6, 6.07) is 0. The predicted octanol–water partition coefficient (Wildman–Crippen LogP) is 6.79. The number of aryl methyl sites for hydroxylation is 1. The van der Waals surface area contributed by atoms with Gasteiger partial charge in [-0.3, -0.25) is 33.3 Å². The highest BCUT2D eigenvalue weighted by Gasteiger charge is 2.41. The standard InChI is InChI=1S/C8H8F3NO3.C7H7ClN2O.C5H8O2.2CH4.Cl3OP/c1-4(13)5(2-3-6(12)14)7(15)8(9,10)11;1-4-6(5(2)11)3-9-7(8)10-4;1-4(6)3-5(2)7;;;1-5(2,3)4/h2H,3H2,1H3,(H2,12,14);3H,1-2H3;3H2,1-2H3;2*1H4;/b5-2+;;;;;. The molecular formula is C22H31Cl4F3N3O7P. The van der Waals surface area contributed by atoms with Crippen LogP contribution in [0, 0.1) is 6.92 Å². The molecule has 230 valence electrons. The monoisotopic (exact) mass is 677 g/mol. The lowest BCUT2D eigenvalue weighted by molar-refractivity contribution is -0.167. The number of halogens is 7. The lowest BCUT2D eigenvalue weighted by atomic mass is 10.1. The van der Waals surface area contributed by atoms with Crippen molar-refractivity contribution in [3.05, 3.63) is 34.4 Å². The zero-order chi connectivity index (χ0) is 31.0. The maximum atomic E-state index is 11.9. The van der Waals surface area contributed by atoms with Gasteiger partial charge < -0.3 is 5.73 Å². The van der Waals surface area contributed by atoms with E-state index in [9.17, 15) is 46.5 Å². The molecule has 1 amide bonds. The summed E-state index contributed by atoms with van der Waals surface area (Å²) in [5, 5.41) is -3.05. The van der Waals surface area contributed by atoms with Gasteiger partial charge >= 0.3 is 11.4 Å². The molecule has 0 spiro atoms. The summed E-state index contributed by atoms with van der Waals surface area (Å²) in [5.74, 6) is -4.42. The second-order valence-electron chi connectivity index (χ2n) is 6.85. The van der Waals surface area contributed by atoms with Gasteiger partial charge in [-0.15, -0.1) is 0 Å². The van der Waals surface area contributed by atoms with E-state index in [0.29, 0.717) is 17.3 Å². The maximum absolute atomic E-state index is 11.9. The Morgan fingerprint density at radius 3 is 1.60 bits per heavy atom. The highest BCUT2D eigenvalue weighted by Crippen LogP contribution is 2.61. The molecular weight excluding hydrogens is 648 g/mol. The summed E-state index contributed by atoms with van der Waals surface area (Å²) in [6.45, 7) is 6.81. The van der Waals surface area contributed by atoms with Crippen LogP contribution >= 0.6 is 50.5 Å². The average molecular weight is 679 g/mol. The molecule has 0 aliphatic heterocycles. The van der Waals surface area contributed by atoms with Crippen LogP contribution in [0.3, 0.4) is 0 Å². The first-order chi connectivity index (χ1) is 16.9. The van der Waals surface area contributed by atoms with Crippen molar-refractivity contribution < 1.29 is 46.5 Å². The summed E-state index contributed by atoms with van der Waals surface area (Å²) in [7, 11) is 0. The number of hydrogen-bond donors (Lipinski definition) is 1. The van der Waals surface area contributed by atoms with Crippen molar-refractivity contribution in [3.8, 4) is 0 Å². The van der Waals surface area contributed by atoms with Crippen LogP contribution in [-0.2, 0) is 28.5 Å². The molecule has 2 N–H and O–H groups in total. The number of Topliss-reactive ketones (excluding diaryl/α,β-unsaturated/α-hetero) is 5. The first-order valence-corrected chi connectivity index (χ1v) is 14.5. The number of carbonyl (C=O) groups is 6. The van der Waals surface area contributed by atoms with Gasteiger partial charge in [-0.2, -0.15) is 13.2 Å². The van der Waals surface area contributed by atoms with E-state index in [1.165, 1.54) is 27.0 Å². The number of aromatic nitrogens is 2. The molecule has 0 unspecified atom stereocenters. The normalized spacial score (nSPS) is 10.2. The van der Waals surface area contributed by atoms with Gasteiger partial charge in [-0.25, -0.2) is 9.97 Å². The van der Waals surface area contributed by atoms with Crippen LogP contribution in [-0.4, -0.2) is 51.0 Å². The molecule has 0 saturated carbocycles. The number of carbonyl (C=O) groups excluding carboxylic acids is 6. The Balaban J connectivity index is -0.000000144. The Morgan fingerprint density at radius 1 is 0.975 bits per heavy atom. The number of primary amides is 1. The Labute approximate surface area is 249 Å². The van der Waals surface area contributed by atoms with Crippen LogP contribution in [0.4, 0.5) is 13.2 Å². The van der Waals surface area contributed by atoms with Gasteiger partial charge in [0.05, 0.1) is 23.3 Å². The third-order valence-electron chi connectivity index (χ3n) is 3.22. The fourth-order valence-electron chi connectivity index (χ4n) is 1.89. The number of nitrogens with zero attached hydrogens (tertiary/aromatic N) is 2. The van der Waals surface area contributed by atoms with E-state index < -0.39 is 40.8 Å². The first kappa shape index (κ1) is 47.6. The second kappa shape index (κ2) is 22.5. The van der Waals surface area contributed by atoms with E-state index in [4.69, 9.17) is 11.6 Å². The van der Waals surface area contributed by atoms with Crippen LogP contribution in [0.25, 0.3) is 0 Å². The molecule has 0 saturated heterocycles. The van der Waals surface area contributed by atoms with E-state index in [0.717, 1.165) is 6.92 Å². The summed E-state index contributed by atoms with van der Waals surface area (Å²) < 4.78 is 45.3. The number of alkyl halides is 3. The van der Waals surface area contributed by atoms with Crippen LogP contribution in [0.5, 0.6) is 0 Å². The minimum absolute atomic E-state index is 0. The van der Waals surface area contributed by atoms with Crippen molar-refractivity contribution in [2.45, 2.75) is 68.5 Å². The molecule has 1 heterocycles. The molecule has 18 heteroatoms. The van der Waals surface area contributed by atoms with Crippen LogP contribution < -0.4 is 5.73 Å². The molecule has 1 rings (SSSR count). The van der Waals surface area contributed by atoms with Crippen molar-refractivity contribution in [2.24, 2.45) is 5.73 Å². The van der Waals surface area contributed by atoms with Crippen molar-refractivity contribution in [2.75, 3.05) is 0 Å². The van der Waals surface area contributed by atoms with Gasteiger partial charge in [0, 0.05) is 12.6 Å². The molecule has 0 bridgehead atoms. The van der Waals surface area contributed by atoms with Gasteiger partial charge in [0.2, 0.25) is 11.2 Å². The van der Waals surface area contributed by atoms with Crippen molar-refractivity contribution >= 4 is 85.3 Å². The number of allylic oxidation sites excluding steroid dienone is 1. The van der Waals surface area contributed by atoms with Crippen molar-refractivity contribution in [3.63, 3.8) is 0 Å². The smallest absolute Gasteiger partial charge is 0.369 e. The van der Waals surface area contributed by atoms with E-state index in [1.54, 1.807) is 6.92 Å². The molecule has 0 aliphatic carbocycles. The molecule has 1 aromatic heterocycles. The van der Waals surface area contributed by atoms with Crippen molar-refractivity contribution in [1.29, 1.82) is 0 Å². The van der Waals surface area contributed by atoms with Crippen LogP contribution in [0.2, 0.25) is 5.28 Å². The third kappa shape index (κ3) is 30.4. The highest BCUT2D eigenvalue weighted by molar-refractivity contribution is 8.24. The molecule has 1 aromatic rings. The first-order valence-electron chi connectivity index (χ1n) is 9.68. The van der Waals surface area contributed by atoms with E-state index in [2.05, 4.69) is 49.4 Å². The molecule has 40 heavy (non-hydrogen) atoms. The number of ketones is 5. The van der Waals surface area contributed by atoms with E-state index in [-0.39, 0.29) is 43.9 Å². The third-order valence-corrected chi connectivity index (χ3v) is 3.40. The summed E-state index contributed by atoms with van der Waals surface area (Å²) in [6.07, 6.45) is -3.61. The van der Waals surface area contributed by atoms with Crippen LogP contribution in [0.1, 0.15) is 71.4 Å². The topological polar surface area (TPSA) is 171 Å². The highest BCUT2D eigenvalue weighted by atomic mass is 36.0. The quantitative estimate of drug-likeness (QED) is 0.0814. The minimum Gasteiger partial charge on any atom is -0.369 e. The predicted molar refractivity (Wildman–Crippen MR) is 150 cm³/mol. The van der Waals surface area contributed by atoms with Gasteiger partial charge in [0.25, 0.3) is 5.78 Å². The Kier molecular flexibility index (Phi) is 26.8. The molecule has 0 aliphatic rings. The van der Waals surface area contributed by atoms with Crippen LogP contribution in [0.15, 0.2) is 17.8 Å². The fourth-order valence-corrected chi connectivity index (χ4v) is 2.06. The second-order valence-corrected chi connectivity index (χ2v) is 13.8. The van der Waals surface area contributed by atoms with Gasteiger partial charge in [-0.05, 0) is 79.9 Å². The zero-order valence-electron chi connectivity index (χ0n) is 20.5. The summed E-state index contributed by atoms with van der Waals surface area (Å²) >= 11 is 19.3. The van der Waals surface area contributed by atoms with E-state index >= 15 is 0 Å². The lowest BCUT2D eigenvalue weighted by Crippen LogP contribution is -2.27. The van der Waals surface area contributed by atoms with Gasteiger partial charge in [0.1, 0.15) is 11.6 Å². The minimum atomic E-state index is -5.13. The molecule has 0 aromatic carbocycles. The molecule has 0 atom stereocenters. The number of hydrogen-bond acceptors (Lipinski definition) is 9. The summed E-state index contributed by atoms with van der Waals surface area (Å²) in [5.41, 5.74) is 4.74. The average Bonchev–Trinajstić information content (AvgIpc) is 2.65. The SMILES string of the molecule is C.C.CC(=O)/C(=C\CC(N)=O)C(=O)C(F)(F)F.CC(=O)CC(C)=O.CC(=O)c1cnc(Cl)nc1C.O=P(Cl)(Cl)Cl. The van der Waals surface area contributed by atoms with Gasteiger partial charge in [-0.1, -0.05) is 20.9 Å². The Morgan fingerprint density at radius 2 is 1.38 bits per heavy atom. The molecule has 0 radical (unpaired) electrons. The number of nitrogens with two attached hydrogens (primary N) is 1. The largest absolute Gasteiger partial charge is 0.454 e. The molecule has 0 fully saturated rings. The zero-order valence-corrected chi connectivity index (χ0v) is 24.4. The van der Waals surface area contributed by atoms with Crippen molar-refractivity contribution in [1.82, 2.24) is 9.97 Å². The van der Waals surface area contributed by atoms with E-state index in [1.807, 2.05) is 0 Å². The summed E-state index contributed by atoms with van der Waals surface area (Å²) in [4.78, 5) is 70.1. The Bertz CT molecular complexity index is 1110. The number of rotatable bonds is 7. The Hall–Kier alpha value is -2.18. The maximum Gasteiger partial charge on any atom is 0.454 e. The number of amides is 1. The fraction of sp³-hybridized carbons (Fsp3) is 0.455. The molecule has 10 nitrogen and oxygen atoms in total. The lowest BCUT2D eigenvalue weighted by Gasteiger charge is -2.05. The van der Waals surface area contributed by atoms with Gasteiger partial charge in [0.15, 0.2) is 11.6 Å².